The number of aryl methyl sites for hydroxylation is 1. The highest BCUT2D eigenvalue weighted by molar-refractivity contribution is 5.87. The van der Waals surface area contributed by atoms with Crippen molar-refractivity contribution in [1.29, 1.82) is 0 Å². The SMILES string of the molecule is COC(=O)c1ccnn1CCF. The van der Waals surface area contributed by atoms with Gasteiger partial charge < -0.3 is 4.74 Å². The zero-order valence-electron chi connectivity index (χ0n) is 6.66. The van der Waals surface area contributed by atoms with Gasteiger partial charge in [-0.1, -0.05) is 0 Å². The van der Waals surface area contributed by atoms with Gasteiger partial charge in [-0.15, -0.1) is 0 Å². The number of methoxy groups -OCH3 is 1. The predicted molar refractivity (Wildman–Crippen MR) is 39.5 cm³/mol. The molecule has 4 nitrogen and oxygen atoms in total. The second kappa shape index (κ2) is 3.85. The lowest BCUT2D eigenvalue weighted by atomic mass is 10.4. The van der Waals surface area contributed by atoms with Crippen molar-refractivity contribution in [2.24, 2.45) is 0 Å². The van der Waals surface area contributed by atoms with Gasteiger partial charge in [0.1, 0.15) is 12.4 Å². The molecule has 0 bridgehead atoms. The predicted octanol–water partition coefficient (Wildman–Crippen LogP) is 0.639. The van der Waals surface area contributed by atoms with Crippen molar-refractivity contribution in [1.82, 2.24) is 9.78 Å². The molecule has 0 aromatic carbocycles. The zero-order valence-corrected chi connectivity index (χ0v) is 6.66. The molecular weight excluding hydrogens is 163 g/mol. The van der Waals surface area contributed by atoms with Crippen molar-refractivity contribution in [3.8, 4) is 0 Å². The Morgan fingerprint density at radius 2 is 2.58 bits per heavy atom. The molecule has 0 spiro atoms. The van der Waals surface area contributed by atoms with Gasteiger partial charge in [-0.05, 0) is 6.07 Å². The van der Waals surface area contributed by atoms with Crippen LogP contribution in [0.25, 0.3) is 0 Å². The summed E-state index contributed by atoms with van der Waals surface area (Å²) in [4.78, 5) is 11.0. The van der Waals surface area contributed by atoms with E-state index in [0.29, 0.717) is 0 Å². The van der Waals surface area contributed by atoms with E-state index in [1.807, 2.05) is 0 Å². The van der Waals surface area contributed by atoms with E-state index in [1.54, 1.807) is 0 Å². The van der Waals surface area contributed by atoms with Crippen molar-refractivity contribution in [2.75, 3.05) is 13.8 Å². The molecule has 1 rings (SSSR count). The topological polar surface area (TPSA) is 44.1 Å². The molecule has 0 unspecified atom stereocenters. The van der Waals surface area contributed by atoms with E-state index in [1.165, 1.54) is 24.1 Å². The second-order valence-corrected chi connectivity index (χ2v) is 2.12. The summed E-state index contributed by atoms with van der Waals surface area (Å²) in [5.41, 5.74) is 0.273. The molecule has 12 heavy (non-hydrogen) atoms. The fourth-order valence-electron chi connectivity index (χ4n) is 0.869. The molecule has 0 amide bonds. The Morgan fingerprint density at radius 3 is 3.17 bits per heavy atom. The number of ether oxygens (including phenoxy) is 1. The molecule has 0 fully saturated rings. The smallest absolute Gasteiger partial charge is 0.356 e. The number of aromatic nitrogens is 2. The van der Waals surface area contributed by atoms with Crippen LogP contribution in [0.4, 0.5) is 4.39 Å². The number of alkyl halides is 1. The number of hydrogen-bond donors (Lipinski definition) is 0. The summed E-state index contributed by atoms with van der Waals surface area (Å²) in [5.74, 6) is -0.499. The Labute approximate surface area is 68.9 Å². The fraction of sp³-hybridized carbons (Fsp3) is 0.429. The van der Waals surface area contributed by atoms with Gasteiger partial charge in [-0.3, -0.25) is 4.68 Å². The summed E-state index contributed by atoms with van der Waals surface area (Å²) in [6.45, 7) is -0.469. The van der Waals surface area contributed by atoms with Gasteiger partial charge in [0.05, 0.1) is 13.7 Å². The monoisotopic (exact) mass is 172 g/mol. The molecule has 0 aliphatic carbocycles. The number of hydrogen-bond acceptors (Lipinski definition) is 3. The van der Waals surface area contributed by atoms with Gasteiger partial charge in [0, 0.05) is 6.20 Å². The number of carbonyl (C=O) groups is 1. The van der Waals surface area contributed by atoms with Crippen LogP contribution in [0.1, 0.15) is 10.5 Å². The molecule has 1 heterocycles. The fourth-order valence-corrected chi connectivity index (χ4v) is 0.869. The summed E-state index contributed by atoms with van der Waals surface area (Å²) >= 11 is 0. The van der Waals surface area contributed by atoms with Crippen LogP contribution < -0.4 is 0 Å². The number of rotatable bonds is 3. The van der Waals surface area contributed by atoms with Crippen LogP contribution in [-0.4, -0.2) is 29.5 Å². The van der Waals surface area contributed by atoms with Gasteiger partial charge >= 0.3 is 5.97 Å². The molecule has 1 aromatic rings. The molecule has 1 aromatic heterocycles. The minimum absolute atomic E-state index is 0.0808. The number of carbonyl (C=O) groups excluding carboxylic acids is 1. The lowest BCUT2D eigenvalue weighted by Crippen LogP contribution is -2.12. The van der Waals surface area contributed by atoms with Crippen molar-refractivity contribution < 1.29 is 13.9 Å². The first-order valence-electron chi connectivity index (χ1n) is 3.45. The Hall–Kier alpha value is -1.39. The normalized spacial score (nSPS) is 9.83. The van der Waals surface area contributed by atoms with E-state index in [-0.39, 0.29) is 12.2 Å². The lowest BCUT2D eigenvalue weighted by Gasteiger charge is -2.01. The van der Waals surface area contributed by atoms with Crippen LogP contribution in [0.5, 0.6) is 0 Å². The van der Waals surface area contributed by atoms with E-state index in [2.05, 4.69) is 9.84 Å². The van der Waals surface area contributed by atoms with E-state index >= 15 is 0 Å². The van der Waals surface area contributed by atoms with Crippen molar-refractivity contribution in [3.63, 3.8) is 0 Å². The Balaban J connectivity index is 2.83. The summed E-state index contributed by atoms with van der Waals surface area (Å²) < 4.78 is 17.6. The van der Waals surface area contributed by atoms with E-state index in [0.717, 1.165) is 0 Å². The second-order valence-electron chi connectivity index (χ2n) is 2.12. The molecule has 0 aliphatic heterocycles. The highest BCUT2D eigenvalue weighted by atomic mass is 19.1. The highest BCUT2D eigenvalue weighted by Gasteiger charge is 2.10. The van der Waals surface area contributed by atoms with Crippen molar-refractivity contribution in [3.05, 3.63) is 18.0 Å². The molecule has 0 atom stereocenters. The van der Waals surface area contributed by atoms with Gasteiger partial charge in [0.15, 0.2) is 0 Å². The highest BCUT2D eigenvalue weighted by Crippen LogP contribution is 2.00. The number of halogens is 1. The molecule has 0 saturated carbocycles. The van der Waals surface area contributed by atoms with Crippen LogP contribution >= 0.6 is 0 Å². The maximum Gasteiger partial charge on any atom is 0.356 e. The third-order valence-electron chi connectivity index (χ3n) is 1.41. The third-order valence-corrected chi connectivity index (χ3v) is 1.41. The molecule has 0 saturated heterocycles. The Kier molecular flexibility index (Phi) is 2.79. The van der Waals surface area contributed by atoms with E-state index in [4.69, 9.17) is 0 Å². The largest absolute Gasteiger partial charge is 0.464 e. The van der Waals surface area contributed by atoms with Crippen LogP contribution in [0, 0.1) is 0 Å². The average Bonchev–Trinajstić information content (AvgIpc) is 2.52. The van der Waals surface area contributed by atoms with Crippen LogP contribution in [0.3, 0.4) is 0 Å². The first-order chi connectivity index (χ1) is 5.79. The summed E-state index contributed by atoms with van der Waals surface area (Å²) in [7, 11) is 1.27. The maximum atomic E-state index is 11.9. The van der Waals surface area contributed by atoms with Gasteiger partial charge in [-0.25, -0.2) is 9.18 Å². The van der Waals surface area contributed by atoms with Gasteiger partial charge in [0.2, 0.25) is 0 Å². The van der Waals surface area contributed by atoms with E-state index < -0.39 is 12.6 Å². The maximum absolute atomic E-state index is 11.9. The number of nitrogens with zero attached hydrogens (tertiary/aromatic N) is 2. The summed E-state index contributed by atoms with van der Waals surface area (Å²) in [6, 6.07) is 1.49. The molecule has 66 valence electrons. The van der Waals surface area contributed by atoms with Crippen molar-refractivity contribution in [2.45, 2.75) is 6.54 Å². The Morgan fingerprint density at radius 1 is 1.83 bits per heavy atom. The first-order valence-corrected chi connectivity index (χ1v) is 3.45. The summed E-state index contributed by atoms with van der Waals surface area (Å²) in [5, 5.41) is 3.75. The molecule has 0 radical (unpaired) electrons. The quantitative estimate of drug-likeness (QED) is 0.628. The molecular formula is C7H9FN2O2. The molecule has 5 heteroatoms. The molecule has 0 N–H and O–H groups in total. The minimum Gasteiger partial charge on any atom is -0.464 e. The van der Waals surface area contributed by atoms with Gasteiger partial charge in [-0.2, -0.15) is 5.10 Å². The third kappa shape index (κ3) is 1.61. The number of esters is 1. The first kappa shape index (κ1) is 8.70. The summed E-state index contributed by atoms with van der Waals surface area (Å²) in [6.07, 6.45) is 1.43. The Bertz CT molecular complexity index is 272. The van der Waals surface area contributed by atoms with Crippen LogP contribution in [0.2, 0.25) is 0 Å². The van der Waals surface area contributed by atoms with Crippen LogP contribution in [0.15, 0.2) is 12.3 Å². The average molecular weight is 172 g/mol. The van der Waals surface area contributed by atoms with Gasteiger partial charge in [0.25, 0.3) is 0 Å². The van der Waals surface area contributed by atoms with Crippen LogP contribution in [-0.2, 0) is 11.3 Å². The van der Waals surface area contributed by atoms with E-state index in [9.17, 15) is 9.18 Å². The minimum atomic E-state index is -0.550. The van der Waals surface area contributed by atoms with Crippen molar-refractivity contribution >= 4 is 5.97 Å². The lowest BCUT2D eigenvalue weighted by molar-refractivity contribution is 0.0586. The molecule has 0 aliphatic rings. The standard InChI is InChI=1S/C7H9FN2O2/c1-12-7(11)6-2-4-9-10(6)5-3-8/h2,4H,3,5H2,1H3. The zero-order chi connectivity index (χ0) is 8.97.